The summed E-state index contributed by atoms with van der Waals surface area (Å²) in [5, 5.41) is 0. The quantitative estimate of drug-likeness (QED) is 0.500. The molecule has 25 heavy (non-hydrogen) atoms. The highest BCUT2D eigenvalue weighted by Gasteiger charge is 2.85. The van der Waals surface area contributed by atoms with Crippen LogP contribution in [0.1, 0.15) is 46.0 Å². The smallest absolute Gasteiger partial charge is 0.173 e. The second-order valence-electron chi connectivity index (χ2n) is 10.1. The molecule has 0 amide bonds. The number of carbonyl (C=O) groups is 2. The second kappa shape index (κ2) is 3.95. The van der Waals surface area contributed by atoms with Crippen molar-refractivity contribution in [3.63, 3.8) is 0 Å². The van der Waals surface area contributed by atoms with Crippen molar-refractivity contribution in [3.8, 4) is 0 Å². The second-order valence-corrected chi connectivity index (χ2v) is 10.1. The van der Waals surface area contributed by atoms with Crippen molar-refractivity contribution in [2.24, 2.45) is 40.4 Å². The van der Waals surface area contributed by atoms with Gasteiger partial charge in [0.1, 0.15) is 5.60 Å². The molecule has 0 radical (unpaired) electrons. The van der Waals surface area contributed by atoms with Gasteiger partial charge in [0, 0.05) is 16.7 Å². The van der Waals surface area contributed by atoms with E-state index >= 15 is 0 Å². The van der Waals surface area contributed by atoms with Crippen LogP contribution in [0.3, 0.4) is 0 Å². The van der Waals surface area contributed by atoms with Gasteiger partial charge in [0.2, 0.25) is 0 Å². The van der Waals surface area contributed by atoms with Crippen molar-refractivity contribution in [1.82, 2.24) is 0 Å². The number of alkyl halides is 1. The molecular formula is C21H25FO3. The Hall–Kier alpha value is -1.03. The van der Waals surface area contributed by atoms with E-state index in [0.717, 1.165) is 31.3 Å². The van der Waals surface area contributed by atoms with E-state index in [9.17, 15) is 14.0 Å². The molecule has 5 saturated carbocycles. The summed E-state index contributed by atoms with van der Waals surface area (Å²) in [5.74, 6) is 1.54. The number of hydrogen-bond acceptors (Lipinski definition) is 3. The molecule has 0 aromatic carbocycles. The first-order chi connectivity index (χ1) is 11.8. The minimum absolute atomic E-state index is 0.0605. The van der Waals surface area contributed by atoms with Crippen LogP contribution in [-0.2, 0) is 14.3 Å². The maximum absolute atomic E-state index is 14.3. The van der Waals surface area contributed by atoms with E-state index in [0.29, 0.717) is 30.0 Å². The molecule has 0 aromatic heterocycles. The zero-order valence-electron chi connectivity index (χ0n) is 14.9. The number of ketones is 2. The zero-order valence-corrected chi connectivity index (χ0v) is 14.9. The fourth-order valence-electron chi connectivity index (χ4n) is 8.16. The predicted molar refractivity (Wildman–Crippen MR) is 88.4 cm³/mol. The number of fused-ring (bicyclic) bond motifs is 6. The van der Waals surface area contributed by atoms with Crippen molar-refractivity contribution in [2.45, 2.75) is 63.8 Å². The van der Waals surface area contributed by atoms with Crippen LogP contribution in [0, 0.1) is 40.4 Å². The predicted octanol–water partition coefficient (Wildman–Crippen LogP) is 3.27. The monoisotopic (exact) mass is 344 g/mol. The molecule has 1 aliphatic heterocycles. The van der Waals surface area contributed by atoms with Crippen molar-refractivity contribution in [1.29, 1.82) is 0 Å². The molecule has 0 bridgehead atoms. The van der Waals surface area contributed by atoms with E-state index in [2.05, 4.69) is 13.5 Å². The highest BCUT2D eigenvalue weighted by molar-refractivity contribution is 5.95. The lowest BCUT2D eigenvalue weighted by atomic mass is 9.44. The van der Waals surface area contributed by atoms with Gasteiger partial charge in [-0.15, -0.1) is 0 Å². The summed E-state index contributed by atoms with van der Waals surface area (Å²) in [4.78, 5) is 25.1. The first-order valence-corrected chi connectivity index (χ1v) is 9.85. The SMILES string of the molecule is C=C1C[C@H]2[C@@H]3C[C@H](F)C(=O)[C@@]3(C)CC[C@@H]2[C@@]2(C)C3C[C@@H]3C(=O)C3OC132. The molecule has 1 heterocycles. The van der Waals surface area contributed by atoms with Crippen LogP contribution in [0.15, 0.2) is 12.2 Å². The normalized spacial score (nSPS) is 64.0. The summed E-state index contributed by atoms with van der Waals surface area (Å²) < 4.78 is 20.5. The Balaban J connectivity index is 1.46. The van der Waals surface area contributed by atoms with E-state index in [1.165, 1.54) is 0 Å². The van der Waals surface area contributed by atoms with Gasteiger partial charge in [-0.05, 0) is 61.3 Å². The van der Waals surface area contributed by atoms with E-state index in [1.54, 1.807) is 0 Å². The van der Waals surface area contributed by atoms with Crippen molar-refractivity contribution in [2.75, 3.05) is 0 Å². The molecule has 3 unspecified atom stereocenters. The average Bonchev–Trinajstić information content (AvgIpc) is 3.46. The third kappa shape index (κ3) is 1.34. The van der Waals surface area contributed by atoms with Crippen LogP contribution in [0.4, 0.5) is 4.39 Å². The Morgan fingerprint density at radius 1 is 1.16 bits per heavy atom. The number of ether oxygens (including phenoxy) is 1. The minimum Gasteiger partial charge on any atom is -0.352 e. The van der Waals surface area contributed by atoms with Crippen LogP contribution in [0.5, 0.6) is 0 Å². The number of epoxide rings is 1. The lowest BCUT2D eigenvalue weighted by Crippen LogP contribution is -2.60. The van der Waals surface area contributed by atoms with Gasteiger partial charge >= 0.3 is 0 Å². The van der Waals surface area contributed by atoms with Gasteiger partial charge < -0.3 is 4.74 Å². The summed E-state index contributed by atoms with van der Waals surface area (Å²) in [6.07, 6.45) is 2.33. The molecule has 134 valence electrons. The molecule has 1 spiro atoms. The third-order valence-corrected chi connectivity index (χ3v) is 9.51. The first kappa shape index (κ1) is 15.1. The van der Waals surface area contributed by atoms with Gasteiger partial charge in [-0.1, -0.05) is 20.4 Å². The maximum atomic E-state index is 14.3. The van der Waals surface area contributed by atoms with Crippen molar-refractivity contribution in [3.05, 3.63) is 12.2 Å². The Bertz CT molecular complexity index is 760. The average molecular weight is 344 g/mol. The molecule has 3 nitrogen and oxygen atoms in total. The molecule has 1 saturated heterocycles. The highest BCUT2D eigenvalue weighted by Crippen LogP contribution is 2.79. The van der Waals surface area contributed by atoms with E-state index in [4.69, 9.17) is 4.74 Å². The zero-order chi connectivity index (χ0) is 17.5. The largest absolute Gasteiger partial charge is 0.352 e. The Morgan fingerprint density at radius 2 is 1.92 bits per heavy atom. The Kier molecular flexibility index (Phi) is 2.38. The van der Waals surface area contributed by atoms with Crippen LogP contribution in [-0.4, -0.2) is 29.4 Å². The molecule has 6 rings (SSSR count). The molecule has 5 aliphatic carbocycles. The van der Waals surface area contributed by atoms with Crippen molar-refractivity contribution >= 4 is 11.6 Å². The number of Topliss-reactive ketones (excluding diaryl/α,β-unsaturated/α-hetero) is 2. The summed E-state index contributed by atoms with van der Waals surface area (Å²) in [6, 6.07) is 0. The number of rotatable bonds is 0. The van der Waals surface area contributed by atoms with Crippen LogP contribution in [0.2, 0.25) is 0 Å². The van der Waals surface area contributed by atoms with Gasteiger partial charge in [-0.3, -0.25) is 9.59 Å². The Morgan fingerprint density at radius 3 is 2.68 bits per heavy atom. The summed E-state index contributed by atoms with van der Waals surface area (Å²) in [6.45, 7) is 8.66. The standard InChI is InChI=1S/C21H25FO3/c1-9-6-10-12(4-5-19(2)13(10)8-15(22)17(19)24)20(3)14-7-11(14)16(23)18-21(9,20)25-18/h10-15,18H,1,4-8H2,2-3H3/t10-,11+,12+,13+,14?,15+,18?,19+,20+,21?/m1/s1. The first-order valence-electron chi connectivity index (χ1n) is 9.85. The minimum atomic E-state index is -1.29. The fourth-order valence-corrected chi connectivity index (χ4v) is 8.16. The Labute approximate surface area is 147 Å². The number of halogens is 1. The molecular weight excluding hydrogens is 319 g/mol. The topological polar surface area (TPSA) is 46.7 Å². The molecule has 0 aromatic rings. The van der Waals surface area contributed by atoms with E-state index in [-0.39, 0.29) is 29.1 Å². The van der Waals surface area contributed by atoms with Gasteiger partial charge in [0.25, 0.3) is 0 Å². The maximum Gasteiger partial charge on any atom is 0.173 e. The lowest BCUT2D eigenvalue weighted by Gasteiger charge is -2.59. The molecule has 6 fully saturated rings. The van der Waals surface area contributed by atoms with Gasteiger partial charge in [-0.25, -0.2) is 4.39 Å². The lowest BCUT2D eigenvalue weighted by molar-refractivity contribution is -0.139. The van der Waals surface area contributed by atoms with Crippen LogP contribution < -0.4 is 0 Å². The van der Waals surface area contributed by atoms with Crippen molar-refractivity contribution < 1.29 is 18.7 Å². The number of hydrogen-bond donors (Lipinski definition) is 0. The van der Waals surface area contributed by atoms with Gasteiger partial charge in [0.15, 0.2) is 23.8 Å². The summed E-state index contributed by atoms with van der Waals surface area (Å²) in [7, 11) is 0. The molecule has 4 heteroatoms. The van der Waals surface area contributed by atoms with E-state index in [1.807, 2.05) is 6.92 Å². The summed E-state index contributed by atoms with van der Waals surface area (Å²) >= 11 is 0. The number of carbonyl (C=O) groups excluding carboxylic acids is 2. The molecule has 10 atom stereocenters. The van der Waals surface area contributed by atoms with Crippen LogP contribution >= 0.6 is 0 Å². The van der Waals surface area contributed by atoms with E-state index < -0.39 is 17.2 Å². The van der Waals surface area contributed by atoms with Crippen LogP contribution in [0.25, 0.3) is 0 Å². The van der Waals surface area contributed by atoms with Gasteiger partial charge in [0.05, 0.1) is 0 Å². The third-order valence-electron chi connectivity index (χ3n) is 9.51. The summed E-state index contributed by atoms with van der Waals surface area (Å²) in [5.41, 5.74) is 0.0292. The highest BCUT2D eigenvalue weighted by atomic mass is 19.1. The molecule has 0 N–H and O–H groups in total. The fraction of sp³-hybridized carbons (Fsp3) is 0.810. The van der Waals surface area contributed by atoms with Gasteiger partial charge in [-0.2, -0.15) is 0 Å². The molecule has 6 aliphatic rings.